The predicted molar refractivity (Wildman–Crippen MR) is 85.1 cm³/mol. The van der Waals surface area contributed by atoms with E-state index in [4.69, 9.17) is 9.47 Å². The molecule has 0 radical (unpaired) electrons. The van der Waals surface area contributed by atoms with Gasteiger partial charge in [-0.2, -0.15) is 0 Å². The minimum atomic E-state index is 0.0347. The van der Waals surface area contributed by atoms with E-state index in [1.165, 1.54) is 0 Å². The molecule has 1 saturated heterocycles. The van der Waals surface area contributed by atoms with Crippen LogP contribution in [0.3, 0.4) is 0 Å². The van der Waals surface area contributed by atoms with Gasteiger partial charge in [-0.15, -0.1) is 0 Å². The van der Waals surface area contributed by atoms with Crippen LogP contribution in [0.2, 0.25) is 0 Å². The molecule has 0 saturated carbocycles. The van der Waals surface area contributed by atoms with Crippen molar-refractivity contribution in [2.24, 2.45) is 5.92 Å². The van der Waals surface area contributed by atoms with Crippen LogP contribution in [0, 0.1) is 5.92 Å². The number of para-hydroxylation sites is 1. The van der Waals surface area contributed by atoms with Crippen molar-refractivity contribution in [2.75, 3.05) is 18.5 Å². The number of rotatable bonds is 4. The molecule has 1 heterocycles. The first-order valence-corrected chi connectivity index (χ1v) is 7.53. The van der Waals surface area contributed by atoms with E-state index < -0.39 is 0 Å². The van der Waals surface area contributed by atoms with E-state index in [-0.39, 0.29) is 11.8 Å². The number of hydrogen-bond donors (Lipinski definition) is 1. The van der Waals surface area contributed by atoms with E-state index in [1.54, 1.807) is 0 Å². The molecule has 0 bridgehead atoms. The molecule has 1 aliphatic heterocycles. The molecule has 1 fully saturated rings. The molecule has 0 atom stereocenters. The molecule has 114 valence electrons. The summed E-state index contributed by atoms with van der Waals surface area (Å²) >= 11 is 0. The van der Waals surface area contributed by atoms with Crippen LogP contribution in [0.25, 0.3) is 0 Å². The maximum absolute atomic E-state index is 12.2. The van der Waals surface area contributed by atoms with Gasteiger partial charge in [-0.25, -0.2) is 0 Å². The fraction of sp³-hybridized carbons (Fsp3) is 0.278. The number of nitrogens with one attached hydrogen (secondary N) is 1. The van der Waals surface area contributed by atoms with E-state index in [1.807, 2.05) is 54.6 Å². The number of hydrogen-bond acceptors (Lipinski definition) is 3. The molecule has 0 aliphatic carbocycles. The normalized spacial score (nSPS) is 15.3. The van der Waals surface area contributed by atoms with E-state index in [2.05, 4.69) is 5.32 Å². The first kappa shape index (κ1) is 14.6. The predicted octanol–water partition coefficient (Wildman–Crippen LogP) is 3.84. The van der Waals surface area contributed by atoms with Crippen molar-refractivity contribution in [3.63, 3.8) is 0 Å². The molecule has 4 heteroatoms. The molecule has 2 aromatic rings. The third-order valence-corrected chi connectivity index (χ3v) is 3.67. The van der Waals surface area contributed by atoms with Crippen LogP contribution in [0.4, 0.5) is 5.69 Å². The Kier molecular flexibility index (Phi) is 4.71. The topological polar surface area (TPSA) is 47.6 Å². The van der Waals surface area contributed by atoms with Gasteiger partial charge < -0.3 is 14.8 Å². The average Bonchev–Trinajstić information content (AvgIpc) is 2.57. The summed E-state index contributed by atoms with van der Waals surface area (Å²) in [5.74, 6) is 1.57. The summed E-state index contributed by atoms with van der Waals surface area (Å²) in [5.41, 5.74) is 0.755. The lowest BCUT2D eigenvalue weighted by atomic mass is 9.99. The summed E-state index contributed by atoms with van der Waals surface area (Å²) in [6.45, 7) is 1.32. The van der Waals surface area contributed by atoms with Crippen molar-refractivity contribution in [3.8, 4) is 11.5 Å². The van der Waals surface area contributed by atoms with Gasteiger partial charge in [0, 0.05) is 30.9 Å². The number of ether oxygens (including phenoxy) is 2. The Bertz CT molecular complexity index is 621. The van der Waals surface area contributed by atoms with Crippen LogP contribution in [-0.2, 0) is 9.53 Å². The zero-order chi connectivity index (χ0) is 15.2. The van der Waals surface area contributed by atoms with Gasteiger partial charge in [-0.05, 0) is 37.1 Å². The molecule has 1 N–H and O–H groups in total. The Morgan fingerprint density at radius 1 is 1.00 bits per heavy atom. The van der Waals surface area contributed by atoms with Gasteiger partial charge in [0.1, 0.15) is 11.5 Å². The van der Waals surface area contributed by atoms with Crippen molar-refractivity contribution in [1.29, 1.82) is 0 Å². The van der Waals surface area contributed by atoms with E-state index in [0.717, 1.165) is 24.3 Å². The number of carbonyl (C=O) groups is 1. The highest BCUT2D eigenvalue weighted by Gasteiger charge is 2.21. The molecule has 4 nitrogen and oxygen atoms in total. The molecule has 3 rings (SSSR count). The van der Waals surface area contributed by atoms with Gasteiger partial charge in [0.15, 0.2) is 0 Å². The van der Waals surface area contributed by atoms with Crippen molar-refractivity contribution in [1.82, 2.24) is 0 Å². The molecule has 1 amide bonds. The molecular formula is C18H19NO3. The minimum Gasteiger partial charge on any atom is -0.457 e. The minimum absolute atomic E-state index is 0.0347. The van der Waals surface area contributed by atoms with E-state index >= 15 is 0 Å². The number of amides is 1. The summed E-state index contributed by atoms with van der Waals surface area (Å²) in [6, 6.07) is 17.0. The molecular weight excluding hydrogens is 278 g/mol. The lowest BCUT2D eigenvalue weighted by Crippen LogP contribution is -2.28. The number of benzene rings is 2. The second-order valence-corrected chi connectivity index (χ2v) is 5.32. The smallest absolute Gasteiger partial charge is 0.227 e. The molecule has 1 aliphatic rings. The van der Waals surface area contributed by atoms with Crippen LogP contribution in [0.15, 0.2) is 54.6 Å². The number of carbonyl (C=O) groups excluding carboxylic acids is 1. The fourth-order valence-electron chi connectivity index (χ4n) is 2.47. The fourth-order valence-corrected chi connectivity index (χ4v) is 2.47. The summed E-state index contributed by atoms with van der Waals surface area (Å²) < 4.78 is 11.1. The van der Waals surface area contributed by atoms with Crippen LogP contribution >= 0.6 is 0 Å². The molecule has 2 aromatic carbocycles. The standard InChI is InChI=1S/C18H19NO3/c20-18(14-9-11-21-12-10-14)19-15-5-4-8-17(13-15)22-16-6-2-1-3-7-16/h1-8,13-14H,9-12H2,(H,19,20). The van der Waals surface area contributed by atoms with Crippen LogP contribution in [0.5, 0.6) is 11.5 Å². The highest BCUT2D eigenvalue weighted by atomic mass is 16.5. The van der Waals surface area contributed by atoms with Gasteiger partial charge >= 0.3 is 0 Å². The van der Waals surface area contributed by atoms with Crippen molar-refractivity contribution in [3.05, 3.63) is 54.6 Å². The van der Waals surface area contributed by atoms with Gasteiger partial charge in [-0.3, -0.25) is 4.79 Å². The zero-order valence-electron chi connectivity index (χ0n) is 12.3. The van der Waals surface area contributed by atoms with Crippen molar-refractivity contribution in [2.45, 2.75) is 12.8 Å². The van der Waals surface area contributed by atoms with Crippen molar-refractivity contribution >= 4 is 11.6 Å². The van der Waals surface area contributed by atoms with Gasteiger partial charge in [0.25, 0.3) is 0 Å². The monoisotopic (exact) mass is 297 g/mol. The first-order chi connectivity index (χ1) is 10.8. The largest absolute Gasteiger partial charge is 0.457 e. The second-order valence-electron chi connectivity index (χ2n) is 5.32. The Hall–Kier alpha value is -2.33. The van der Waals surface area contributed by atoms with Gasteiger partial charge in [0.2, 0.25) is 5.91 Å². The second kappa shape index (κ2) is 7.09. The lowest BCUT2D eigenvalue weighted by Gasteiger charge is -2.21. The van der Waals surface area contributed by atoms with Crippen molar-refractivity contribution < 1.29 is 14.3 Å². The molecule has 22 heavy (non-hydrogen) atoms. The average molecular weight is 297 g/mol. The maximum atomic E-state index is 12.2. The quantitative estimate of drug-likeness (QED) is 0.932. The van der Waals surface area contributed by atoms with E-state index in [9.17, 15) is 4.79 Å². The Morgan fingerprint density at radius 2 is 1.73 bits per heavy atom. The Balaban J connectivity index is 1.64. The summed E-state index contributed by atoms with van der Waals surface area (Å²) in [4.78, 5) is 12.2. The summed E-state index contributed by atoms with van der Waals surface area (Å²) in [7, 11) is 0. The molecule has 0 spiro atoms. The molecule has 0 aromatic heterocycles. The SMILES string of the molecule is O=C(Nc1cccc(Oc2ccccc2)c1)C1CCOCC1. The number of anilines is 1. The Morgan fingerprint density at radius 3 is 2.50 bits per heavy atom. The Labute approximate surface area is 130 Å². The lowest BCUT2D eigenvalue weighted by molar-refractivity contribution is -0.122. The third-order valence-electron chi connectivity index (χ3n) is 3.67. The zero-order valence-corrected chi connectivity index (χ0v) is 12.3. The highest BCUT2D eigenvalue weighted by molar-refractivity contribution is 5.92. The third kappa shape index (κ3) is 3.86. The summed E-state index contributed by atoms with van der Waals surface area (Å²) in [5, 5.41) is 2.96. The molecule has 0 unspecified atom stereocenters. The van der Waals surface area contributed by atoms with Gasteiger partial charge in [-0.1, -0.05) is 24.3 Å². The highest BCUT2D eigenvalue weighted by Crippen LogP contribution is 2.25. The maximum Gasteiger partial charge on any atom is 0.227 e. The van der Waals surface area contributed by atoms with Crippen LogP contribution < -0.4 is 10.1 Å². The van der Waals surface area contributed by atoms with Crippen LogP contribution in [-0.4, -0.2) is 19.1 Å². The van der Waals surface area contributed by atoms with Gasteiger partial charge in [0.05, 0.1) is 0 Å². The van der Waals surface area contributed by atoms with E-state index in [0.29, 0.717) is 19.0 Å². The first-order valence-electron chi connectivity index (χ1n) is 7.53. The summed E-state index contributed by atoms with van der Waals surface area (Å²) in [6.07, 6.45) is 1.57. The van der Waals surface area contributed by atoms with Crippen LogP contribution in [0.1, 0.15) is 12.8 Å².